The number of para-hydroxylation sites is 2. The summed E-state index contributed by atoms with van der Waals surface area (Å²) in [4.78, 5) is 16.1. The monoisotopic (exact) mass is 566 g/mol. The van der Waals surface area contributed by atoms with Gasteiger partial charge >= 0.3 is 0 Å². The zero-order valence-corrected chi connectivity index (χ0v) is 22.1. The summed E-state index contributed by atoms with van der Waals surface area (Å²) in [6.07, 6.45) is 2.13. The van der Waals surface area contributed by atoms with Gasteiger partial charge in [0.15, 0.2) is 5.96 Å². The van der Waals surface area contributed by atoms with E-state index in [0.29, 0.717) is 0 Å². The highest BCUT2D eigenvalue weighted by Gasteiger charge is 2.22. The van der Waals surface area contributed by atoms with Crippen LogP contribution >= 0.6 is 24.0 Å². The molecule has 1 unspecified atom stereocenters. The molecule has 1 aromatic heterocycles. The van der Waals surface area contributed by atoms with Crippen LogP contribution in [0.15, 0.2) is 47.6 Å². The second kappa shape index (κ2) is 12.3. The third-order valence-corrected chi connectivity index (χ3v) is 6.04. The van der Waals surface area contributed by atoms with Crippen molar-refractivity contribution in [3.8, 4) is 5.75 Å². The van der Waals surface area contributed by atoms with Crippen molar-refractivity contribution in [2.24, 2.45) is 4.99 Å². The van der Waals surface area contributed by atoms with Crippen LogP contribution in [0.5, 0.6) is 5.75 Å². The van der Waals surface area contributed by atoms with Crippen LogP contribution in [-0.4, -0.2) is 82.0 Å². The van der Waals surface area contributed by atoms with Gasteiger partial charge in [0.1, 0.15) is 11.6 Å². The quantitative estimate of drug-likeness (QED) is 0.340. The maximum atomic E-state index is 5.66. The lowest BCUT2D eigenvalue weighted by atomic mass is 10.2. The topological polar surface area (TPSA) is 65.5 Å². The van der Waals surface area contributed by atoms with Crippen molar-refractivity contribution >= 4 is 41.4 Å². The highest BCUT2D eigenvalue weighted by Crippen LogP contribution is 2.28. The number of morpholine rings is 1. The first-order chi connectivity index (χ1) is 15.7. The third kappa shape index (κ3) is 6.41. The summed E-state index contributed by atoms with van der Waals surface area (Å²) < 4.78 is 11.2. The maximum Gasteiger partial charge on any atom is 0.194 e. The lowest BCUT2D eigenvalue weighted by molar-refractivity contribution is 0.0529. The van der Waals surface area contributed by atoms with Crippen molar-refractivity contribution in [2.75, 3.05) is 69.8 Å². The molecule has 1 N–H and O–H groups in total. The Morgan fingerprint density at radius 2 is 1.94 bits per heavy atom. The molecule has 0 bridgehead atoms. The molecular weight excluding hydrogens is 531 g/mol. The minimum atomic E-state index is 0. The van der Waals surface area contributed by atoms with Gasteiger partial charge in [-0.15, -0.1) is 24.0 Å². The number of pyridine rings is 1. The van der Waals surface area contributed by atoms with Gasteiger partial charge in [0.25, 0.3) is 0 Å². The predicted molar refractivity (Wildman–Crippen MR) is 144 cm³/mol. The number of nitrogens with one attached hydrogen (secondary N) is 1. The van der Waals surface area contributed by atoms with Crippen LogP contribution in [0.3, 0.4) is 0 Å². The summed E-state index contributed by atoms with van der Waals surface area (Å²) in [5.74, 6) is 2.87. The van der Waals surface area contributed by atoms with E-state index in [1.54, 1.807) is 7.11 Å². The van der Waals surface area contributed by atoms with Gasteiger partial charge in [-0.3, -0.25) is 4.99 Å². The molecule has 3 heterocycles. The summed E-state index contributed by atoms with van der Waals surface area (Å²) in [6, 6.07) is 12.4. The van der Waals surface area contributed by atoms with E-state index in [-0.39, 0.29) is 30.1 Å². The minimum absolute atomic E-state index is 0. The van der Waals surface area contributed by atoms with Gasteiger partial charge in [0, 0.05) is 59.1 Å². The summed E-state index contributed by atoms with van der Waals surface area (Å²) in [6.45, 7) is 9.00. The van der Waals surface area contributed by atoms with E-state index in [1.165, 1.54) is 5.56 Å². The van der Waals surface area contributed by atoms with Gasteiger partial charge in [-0.05, 0) is 36.8 Å². The molecule has 2 aliphatic heterocycles. The zero-order valence-electron chi connectivity index (χ0n) is 19.7. The summed E-state index contributed by atoms with van der Waals surface area (Å²) >= 11 is 0. The number of hydrogen-bond acceptors (Lipinski definition) is 6. The molecule has 8 nitrogen and oxygen atoms in total. The molecule has 1 aromatic carbocycles. The summed E-state index contributed by atoms with van der Waals surface area (Å²) in [5.41, 5.74) is 2.35. The number of piperazine rings is 1. The number of guanidine groups is 1. The second-order valence-electron chi connectivity index (χ2n) is 8.20. The van der Waals surface area contributed by atoms with Gasteiger partial charge in [0.05, 0.1) is 25.5 Å². The molecule has 0 amide bonds. The number of ether oxygens (including phenoxy) is 2. The van der Waals surface area contributed by atoms with Gasteiger partial charge in [-0.25, -0.2) is 4.98 Å². The first-order valence-electron chi connectivity index (χ1n) is 11.3. The molecule has 0 radical (unpaired) electrons. The van der Waals surface area contributed by atoms with Crippen LogP contribution in [0.2, 0.25) is 0 Å². The third-order valence-electron chi connectivity index (χ3n) is 6.04. The highest BCUT2D eigenvalue weighted by molar-refractivity contribution is 14.0. The number of hydrogen-bond donors (Lipinski definition) is 1. The molecular formula is C24H35IN6O2. The van der Waals surface area contributed by atoms with Crippen molar-refractivity contribution in [3.05, 3.63) is 48.2 Å². The highest BCUT2D eigenvalue weighted by atomic mass is 127. The smallest absolute Gasteiger partial charge is 0.194 e. The number of aromatic nitrogens is 1. The molecule has 9 heteroatoms. The molecule has 4 rings (SSSR count). The summed E-state index contributed by atoms with van der Waals surface area (Å²) in [5, 5.41) is 3.53. The number of methoxy groups -OCH3 is 1. The van der Waals surface area contributed by atoms with E-state index in [9.17, 15) is 0 Å². The molecule has 180 valence electrons. The Kier molecular flexibility index (Phi) is 9.42. The van der Waals surface area contributed by atoms with E-state index in [4.69, 9.17) is 9.47 Å². The predicted octanol–water partition coefficient (Wildman–Crippen LogP) is 2.83. The van der Waals surface area contributed by atoms with Gasteiger partial charge < -0.3 is 29.5 Å². The molecule has 2 aromatic rings. The van der Waals surface area contributed by atoms with E-state index in [0.717, 1.165) is 75.6 Å². The molecule has 0 spiro atoms. The lowest BCUT2D eigenvalue weighted by Gasteiger charge is -2.38. The number of anilines is 2. The van der Waals surface area contributed by atoms with Crippen molar-refractivity contribution in [1.82, 2.24) is 15.2 Å². The fourth-order valence-electron chi connectivity index (χ4n) is 4.33. The molecule has 2 saturated heterocycles. The van der Waals surface area contributed by atoms with Crippen molar-refractivity contribution < 1.29 is 9.47 Å². The molecule has 0 saturated carbocycles. The average molecular weight is 566 g/mol. The Bertz CT molecular complexity index is 919. The normalized spacial score (nSPS) is 19.2. The minimum Gasteiger partial charge on any atom is -0.495 e. The van der Waals surface area contributed by atoms with Crippen LogP contribution in [0.1, 0.15) is 12.5 Å². The number of rotatable bonds is 5. The Morgan fingerprint density at radius 1 is 1.15 bits per heavy atom. The molecule has 2 fully saturated rings. The largest absolute Gasteiger partial charge is 0.495 e. The Morgan fingerprint density at radius 3 is 2.67 bits per heavy atom. The van der Waals surface area contributed by atoms with Crippen molar-refractivity contribution in [3.63, 3.8) is 0 Å². The standard InChI is InChI=1S/C24H34N6O2.HI/c1-19-18-30(14-15-32-19)23-16-20(8-9-26-23)17-27-24(25-2)29-12-10-28(11-13-29)21-6-4-5-7-22(21)31-3;/h4-9,16,19H,10-15,17-18H2,1-3H3,(H,25,27);1H. The summed E-state index contributed by atoms with van der Waals surface area (Å²) in [7, 11) is 3.58. The molecule has 1 atom stereocenters. The van der Waals surface area contributed by atoms with E-state index in [1.807, 2.05) is 25.4 Å². The van der Waals surface area contributed by atoms with Crippen LogP contribution in [0.4, 0.5) is 11.5 Å². The first kappa shape index (κ1) is 25.4. The number of aliphatic imine (C=N–C) groups is 1. The SMILES string of the molecule is CN=C(NCc1ccnc(N2CCOC(C)C2)c1)N1CCN(c2ccccc2OC)CC1.I. The van der Waals surface area contributed by atoms with Crippen LogP contribution in [0, 0.1) is 0 Å². The van der Waals surface area contributed by atoms with Gasteiger partial charge in [-0.1, -0.05) is 12.1 Å². The molecule has 0 aliphatic carbocycles. The van der Waals surface area contributed by atoms with E-state index < -0.39 is 0 Å². The van der Waals surface area contributed by atoms with Crippen LogP contribution in [0.25, 0.3) is 0 Å². The maximum absolute atomic E-state index is 5.66. The number of nitrogens with zero attached hydrogens (tertiary/aromatic N) is 5. The fraction of sp³-hybridized carbons (Fsp3) is 0.500. The van der Waals surface area contributed by atoms with Gasteiger partial charge in [0.2, 0.25) is 0 Å². The van der Waals surface area contributed by atoms with Crippen LogP contribution < -0.4 is 19.9 Å². The Balaban J connectivity index is 0.00000306. The molecule has 33 heavy (non-hydrogen) atoms. The van der Waals surface area contributed by atoms with E-state index >= 15 is 0 Å². The first-order valence-corrected chi connectivity index (χ1v) is 11.3. The molecule has 2 aliphatic rings. The lowest BCUT2D eigenvalue weighted by Crippen LogP contribution is -2.52. The van der Waals surface area contributed by atoms with Crippen molar-refractivity contribution in [2.45, 2.75) is 19.6 Å². The number of benzene rings is 1. The fourth-order valence-corrected chi connectivity index (χ4v) is 4.33. The van der Waals surface area contributed by atoms with Crippen molar-refractivity contribution in [1.29, 1.82) is 0 Å². The van der Waals surface area contributed by atoms with Gasteiger partial charge in [-0.2, -0.15) is 0 Å². The number of halogens is 1. The Labute approximate surface area is 214 Å². The Hall–Kier alpha value is -2.27. The zero-order chi connectivity index (χ0) is 22.3. The average Bonchev–Trinajstić information content (AvgIpc) is 2.85. The van der Waals surface area contributed by atoms with Crippen LogP contribution in [-0.2, 0) is 11.3 Å². The second-order valence-corrected chi connectivity index (χ2v) is 8.20. The van der Waals surface area contributed by atoms with E-state index in [2.05, 4.69) is 61.2 Å².